The number of benzene rings is 2. The first-order chi connectivity index (χ1) is 16.3. The highest BCUT2D eigenvalue weighted by atomic mass is 32.2. The molecule has 2 heterocycles. The smallest absolute Gasteiger partial charge is 0.240 e. The molecule has 34 heavy (non-hydrogen) atoms. The zero-order valence-electron chi connectivity index (χ0n) is 19.9. The van der Waals surface area contributed by atoms with E-state index in [2.05, 4.69) is 41.7 Å². The molecule has 2 aliphatic rings. The fraction of sp³-hybridized carbons (Fsp3) is 0.480. The van der Waals surface area contributed by atoms with Crippen molar-refractivity contribution in [3.05, 3.63) is 47.5 Å². The standard InChI is InChI=1S/C25H33N3O5S/c1-19-6-3-7-22(20(19)2)27-12-14-28(15-13-27)25(29)8-4-11-26-34(30,31)21-9-10-23-24(18-21)33-17-5-16-32-23/h3,6-7,9-10,18,26H,4-5,8,11-17H2,1-2H3. The molecule has 1 N–H and O–H groups in total. The quantitative estimate of drug-likeness (QED) is 0.605. The summed E-state index contributed by atoms with van der Waals surface area (Å²) in [5.74, 6) is 1.06. The predicted molar refractivity (Wildman–Crippen MR) is 131 cm³/mol. The summed E-state index contributed by atoms with van der Waals surface area (Å²) in [6, 6.07) is 10.9. The lowest BCUT2D eigenvalue weighted by atomic mass is 10.1. The van der Waals surface area contributed by atoms with Gasteiger partial charge in [-0.2, -0.15) is 0 Å². The first-order valence-electron chi connectivity index (χ1n) is 11.8. The maximum atomic E-state index is 12.7. The highest BCUT2D eigenvalue weighted by Gasteiger charge is 2.23. The van der Waals surface area contributed by atoms with Gasteiger partial charge < -0.3 is 19.3 Å². The van der Waals surface area contributed by atoms with Crippen molar-refractivity contribution in [1.82, 2.24) is 9.62 Å². The molecule has 1 saturated heterocycles. The molecule has 0 saturated carbocycles. The molecule has 0 bridgehead atoms. The molecule has 0 atom stereocenters. The van der Waals surface area contributed by atoms with Crippen molar-refractivity contribution in [1.29, 1.82) is 0 Å². The molecule has 0 aromatic heterocycles. The molecule has 0 unspecified atom stereocenters. The lowest BCUT2D eigenvalue weighted by molar-refractivity contribution is -0.131. The van der Waals surface area contributed by atoms with Crippen LogP contribution in [0, 0.1) is 13.8 Å². The average molecular weight is 488 g/mol. The van der Waals surface area contributed by atoms with Crippen LogP contribution >= 0.6 is 0 Å². The van der Waals surface area contributed by atoms with Crippen LogP contribution < -0.4 is 19.1 Å². The van der Waals surface area contributed by atoms with Crippen LogP contribution in [0.1, 0.15) is 30.4 Å². The van der Waals surface area contributed by atoms with Crippen LogP contribution in [-0.2, 0) is 14.8 Å². The number of hydrogen-bond acceptors (Lipinski definition) is 6. The highest BCUT2D eigenvalue weighted by Crippen LogP contribution is 2.31. The monoisotopic (exact) mass is 487 g/mol. The van der Waals surface area contributed by atoms with Gasteiger partial charge in [0.25, 0.3) is 0 Å². The lowest BCUT2D eigenvalue weighted by Gasteiger charge is -2.37. The van der Waals surface area contributed by atoms with E-state index in [4.69, 9.17) is 9.47 Å². The number of anilines is 1. The molecule has 8 nitrogen and oxygen atoms in total. The Morgan fingerprint density at radius 1 is 1.00 bits per heavy atom. The van der Waals surface area contributed by atoms with Gasteiger partial charge in [-0.05, 0) is 49.6 Å². The van der Waals surface area contributed by atoms with E-state index in [-0.39, 0.29) is 17.3 Å². The zero-order chi connectivity index (χ0) is 24.1. The lowest BCUT2D eigenvalue weighted by Crippen LogP contribution is -2.49. The molecular formula is C25H33N3O5S. The Labute approximate surface area is 201 Å². The highest BCUT2D eigenvalue weighted by molar-refractivity contribution is 7.89. The Kier molecular flexibility index (Phi) is 7.63. The van der Waals surface area contributed by atoms with E-state index in [1.165, 1.54) is 28.9 Å². The molecule has 184 valence electrons. The molecular weight excluding hydrogens is 454 g/mol. The molecule has 0 spiro atoms. The number of nitrogens with zero attached hydrogens (tertiary/aromatic N) is 2. The van der Waals surface area contributed by atoms with Crippen molar-refractivity contribution >= 4 is 21.6 Å². The molecule has 4 rings (SSSR count). The third kappa shape index (κ3) is 5.64. The Hall–Kier alpha value is -2.78. The Morgan fingerprint density at radius 2 is 1.74 bits per heavy atom. The van der Waals surface area contributed by atoms with Crippen molar-refractivity contribution in [2.75, 3.05) is 50.8 Å². The first kappa shape index (κ1) is 24.3. The maximum absolute atomic E-state index is 12.7. The minimum atomic E-state index is -3.69. The molecule has 1 amide bonds. The van der Waals surface area contributed by atoms with Gasteiger partial charge in [-0.25, -0.2) is 13.1 Å². The zero-order valence-corrected chi connectivity index (χ0v) is 20.7. The second kappa shape index (κ2) is 10.7. The SMILES string of the molecule is Cc1cccc(N2CCN(C(=O)CCCNS(=O)(=O)c3ccc4c(c3)OCCCO4)CC2)c1C. The number of fused-ring (bicyclic) bond motifs is 1. The van der Waals surface area contributed by atoms with Gasteiger partial charge in [0.2, 0.25) is 15.9 Å². The van der Waals surface area contributed by atoms with Gasteiger partial charge in [0.05, 0.1) is 18.1 Å². The molecule has 2 aliphatic heterocycles. The summed E-state index contributed by atoms with van der Waals surface area (Å²) >= 11 is 0. The van der Waals surface area contributed by atoms with E-state index in [0.29, 0.717) is 50.6 Å². The van der Waals surface area contributed by atoms with E-state index in [1.54, 1.807) is 6.07 Å². The number of piperazine rings is 1. The fourth-order valence-corrected chi connectivity index (χ4v) is 5.36. The van der Waals surface area contributed by atoms with E-state index in [1.807, 2.05) is 4.90 Å². The summed E-state index contributed by atoms with van der Waals surface area (Å²) in [6.07, 6.45) is 1.51. The number of hydrogen-bond donors (Lipinski definition) is 1. The number of rotatable bonds is 7. The van der Waals surface area contributed by atoms with Crippen LogP contribution in [0.15, 0.2) is 41.3 Å². The summed E-state index contributed by atoms with van der Waals surface area (Å²) in [7, 11) is -3.69. The van der Waals surface area contributed by atoms with Gasteiger partial charge in [0.15, 0.2) is 11.5 Å². The molecule has 1 fully saturated rings. The van der Waals surface area contributed by atoms with Crippen LogP contribution in [0.2, 0.25) is 0 Å². The second-order valence-electron chi connectivity index (χ2n) is 8.75. The maximum Gasteiger partial charge on any atom is 0.240 e. The number of amides is 1. The van der Waals surface area contributed by atoms with E-state index in [0.717, 1.165) is 19.5 Å². The van der Waals surface area contributed by atoms with Crippen LogP contribution in [-0.4, -0.2) is 65.2 Å². The van der Waals surface area contributed by atoms with Crippen molar-refractivity contribution < 1.29 is 22.7 Å². The number of nitrogens with one attached hydrogen (secondary N) is 1. The van der Waals surface area contributed by atoms with Gasteiger partial charge >= 0.3 is 0 Å². The Balaban J connectivity index is 1.23. The number of ether oxygens (including phenoxy) is 2. The Bertz CT molecular complexity index is 1130. The van der Waals surface area contributed by atoms with E-state index >= 15 is 0 Å². The molecule has 0 aliphatic carbocycles. The molecule has 0 radical (unpaired) electrons. The molecule has 2 aromatic carbocycles. The van der Waals surface area contributed by atoms with Crippen LogP contribution in [0.4, 0.5) is 5.69 Å². The number of carbonyl (C=O) groups is 1. The van der Waals surface area contributed by atoms with Crippen LogP contribution in [0.3, 0.4) is 0 Å². The van der Waals surface area contributed by atoms with Gasteiger partial charge in [0.1, 0.15) is 0 Å². The topological polar surface area (TPSA) is 88.2 Å². The number of sulfonamides is 1. The summed E-state index contributed by atoms with van der Waals surface area (Å²) < 4.78 is 39.1. The summed E-state index contributed by atoms with van der Waals surface area (Å²) in [5.41, 5.74) is 3.78. The number of carbonyl (C=O) groups excluding carboxylic acids is 1. The Morgan fingerprint density at radius 3 is 2.50 bits per heavy atom. The minimum Gasteiger partial charge on any atom is -0.490 e. The van der Waals surface area contributed by atoms with E-state index < -0.39 is 10.0 Å². The van der Waals surface area contributed by atoms with Gasteiger partial charge in [0, 0.05) is 57.3 Å². The second-order valence-corrected chi connectivity index (χ2v) is 10.5. The summed E-state index contributed by atoms with van der Waals surface area (Å²) in [5, 5.41) is 0. The summed E-state index contributed by atoms with van der Waals surface area (Å²) in [4.78, 5) is 17.0. The first-order valence-corrected chi connectivity index (χ1v) is 13.3. The van der Waals surface area contributed by atoms with Crippen molar-refractivity contribution in [2.45, 2.75) is 38.0 Å². The summed E-state index contributed by atoms with van der Waals surface area (Å²) in [6.45, 7) is 8.43. The largest absolute Gasteiger partial charge is 0.490 e. The molecule has 2 aromatic rings. The normalized spacial score (nSPS) is 16.3. The minimum absolute atomic E-state index is 0.0652. The average Bonchev–Trinajstić information content (AvgIpc) is 3.08. The third-order valence-electron chi connectivity index (χ3n) is 6.44. The van der Waals surface area contributed by atoms with Gasteiger partial charge in [-0.1, -0.05) is 12.1 Å². The predicted octanol–water partition coefficient (Wildman–Crippen LogP) is 2.87. The van der Waals surface area contributed by atoms with Crippen LogP contribution in [0.25, 0.3) is 0 Å². The van der Waals surface area contributed by atoms with Crippen molar-refractivity contribution in [3.8, 4) is 11.5 Å². The van der Waals surface area contributed by atoms with E-state index in [9.17, 15) is 13.2 Å². The number of aryl methyl sites for hydroxylation is 1. The van der Waals surface area contributed by atoms with Crippen molar-refractivity contribution in [2.24, 2.45) is 0 Å². The van der Waals surface area contributed by atoms with Gasteiger partial charge in [-0.15, -0.1) is 0 Å². The van der Waals surface area contributed by atoms with Crippen LogP contribution in [0.5, 0.6) is 11.5 Å². The van der Waals surface area contributed by atoms with Crippen molar-refractivity contribution in [3.63, 3.8) is 0 Å². The van der Waals surface area contributed by atoms with Gasteiger partial charge in [-0.3, -0.25) is 4.79 Å². The fourth-order valence-electron chi connectivity index (χ4n) is 4.27. The third-order valence-corrected chi connectivity index (χ3v) is 7.90. The molecule has 9 heteroatoms.